The number of rotatable bonds is 8. The minimum Gasteiger partial charge on any atom is -0.489 e. The molecule has 3 nitrogen and oxygen atoms in total. The summed E-state index contributed by atoms with van der Waals surface area (Å²) >= 11 is 6.18. The van der Waals surface area contributed by atoms with E-state index in [4.69, 9.17) is 16.3 Å². The Morgan fingerprint density at radius 3 is 2.68 bits per heavy atom. The van der Waals surface area contributed by atoms with Gasteiger partial charge in [-0.15, -0.1) is 0 Å². The molecule has 108 valence electrons. The molecule has 1 rings (SSSR count). The zero-order valence-electron chi connectivity index (χ0n) is 12.0. The number of nitrogens with one attached hydrogen (secondary N) is 1. The summed E-state index contributed by atoms with van der Waals surface area (Å²) in [5.74, 6) is 0.620. The highest BCUT2D eigenvalue weighted by molar-refractivity contribution is 6.32. The van der Waals surface area contributed by atoms with E-state index in [2.05, 4.69) is 12.2 Å². The van der Waals surface area contributed by atoms with E-state index in [0.717, 1.165) is 25.1 Å². The van der Waals surface area contributed by atoms with Crippen LogP contribution < -0.4 is 10.1 Å². The molecule has 1 atom stereocenters. The maximum Gasteiger partial charge on any atom is 0.138 e. The zero-order chi connectivity index (χ0) is 14.3. The van der Waals surface area contributed by atoms with E-state index in [1.807, 2.05) is 25.1 Å². The number of halogens is 1. The Hall–Kier alpha value is -0.770. The molecule has 0 saturated heterocycles. The lowest BCUT2D eigenvalue weighted by molar-refractivity contribution is 0.00850. The van der Waals surface area contributed by atoms with E-state index >= 15 is 0 Å². The molecule has 0 aromatic heterocycles. The summed E-state index contributed by atoms with van der Waals surface area (Å²) in [4.78, 5) is 0. The Morgan fingerprint density at radius 2 is 2.11 bits per heavy atom. The van der Waals surface area contributed by atoms with Crippen LogP contribution in [0.5, 0.6) is 5.75 Å². The van der Waals surface area contributed by atoms with Gasteiger partial charge in [0.25, 0.3) is 0 Å². The van der Waals surface area contributed by atoms with Crippen LogP contribution in [0.4, 0.5) is 0 Å². The zero-order valence-corrected chi connectivity index (χ0v) is 12.8. The second-order valence-electron chi connectivity index (χ2n) is 5.08. The van der Waals surface area contributed by atoms with E-state index in [1.54, 1.807) is 6.92 Å². The Morgan fingerprint density at radius 1 is 1.37 bits per heavy atom. The van der Waals surface area contributed by atoms with Crippen molar-refractivity contribution in [3.63, 3.8) is 0 Å². The molecule has 0 aliphatic carbocycles. The van der Waals surface area contributed by atoms with E-state index in [0.29, 0.717) is 17.2 Å². The molecule has 0 aliphatic heterocycles. The molecular formula is C15H24ClNO2. The maximum absolute atomic E-state index is 9.90. The third-order valence-electron chi connectivity index (χ3n) is 3.05. The van der Waals surface area contributed by atoms with Gasteiger partial charge in [-0.3, -0.25) is 0 Å². The van der Waals surface area contributed by atoms with Crippen LogP contribution in [0.2, 0.25) is 5.02 Å². The number of hydrogen-bond donors (Lipinski definition) is 2. The fourth-order valence-corrected chi connectivity index (χ4v) is 1.77. The average Bonchev–Trinajstić information content (AvgIpc) is 2.38. The molecule has 0 fully saturated rings. The van der Waals surface area contributed by atoms with Crippen LogP contribution in [0.1, 0.15) is 39.2 Å². The van der Waals surface area contributed by atoms with Crippen molar-refractivity contribution in [2.45, 2.75) is 45.8 Å². The highest BCUT2D eigenvalue weighted by Gasteiger charge is 2.19. The minimum absolute atomic E-state index is 0.247. The van der Waals surface area contributed by atoms with Gasteiger partial charge in [-0.2, -0.15) is 0 Å². The molecule has 1 unspecified atom stereocenters. The van der Waals surface area contributed by atoms with E-state index < -0.39 is 5.60 Å². The fraction of sp³-hybridized carbons (Fsp3) is 0.600. The van der Waals surface area contributed by atoms with Crippen LogP contribution in [0.3, 0.4) is 0 Å². The first kappa shape index (κ1) is 16.3. The summed E-state index contributed by atoms with van der Waals surface area (Å²) < 4.78 is 5.57. The second kappa shape index (κ2) is 7.73. The van der Waals surface area contributed by atoms with Crippen LogP contribution in [-0.4, -0.2) is 23.9 Å². The van der Waals surface area contributed by atoms with Gasteiger partial charge in [0.05, 0.1) is 10.6 Å². The van der Waals surface area contributed by atoms with Gasteiger partial charge in [0.15, 0.2) is 0 Å². The highest BCUT2D eigenvalue weighted by Crippen LogP contribution is 2.26. The van der Waals surface area contributed by atoms with Gasteiger partial charge in [-0.05, 0) is 44.0 Å². The Balaban J connectivity index is 2.57. The largest absolute Gasteiger partial charge is 0.489 e. The number of aliphatic hydroxyl groups is 1. The Kier molecular flexibility index (Phi) is 6.63. The summed E-state index contributed by atoms with van der Waals surface area (Å²) in [6.07, 6.45) is 1.75. The van der Waals surface area contributed by atoms with Gasteiger partial charge in [0, 0.05) is 6.54 Å². The topological polar surface area (TPSA) is 41.5 Å². The van der Waals surface area contributed by atoms with E-state index in [1.165, 1.54) is 0 Å². The number of ether oxygens (including phenoxy) is 1. The van der Waals surface area contributed by atoms with Gasteiger partial charge >= 0.3 is 0 Å². The molecule has 4 heteroatoms. The quantitative estimate of drug-likeness (QED) is 0.720. The predicted octanol–water partition coefficient (Wildman–Crippen LogP) is 3.38. The first-order valence-electron chi connectivity index (χ1n) is 6.83. The van der Waals surface area contributed by atoms with Crippen molar-refractivity contribution in [3.8, 4) is 5.75 Å². The van der Waals surface area contributed by atoms with Crippen LogP contribution in [0.25, 0.3) is 0 Å². The molecule has 1 aromatic carbocycles. The van der Waals surface area contributed by atoms with Crippen molar-refractivity contribution in [2.75, 3.05) is 13.2 Å². The summed E-state index contributed by atoms with van der Waals surface area (Å²) in [6, 6.07) is 5.75. The van der Waals surface area contributed by atoms with Crippen LogP contribution in [0.15, 0.2) is 18.2 Å². The van der Waals surface area contributed by atoms with Gasteiger partial charge < -0.3 is 15.2 Å². The third-order valence-corrected chi connectivity index (χ3v) is 3.35. The number of hydrogen-bond acceptors (Lipinski definition) is 3. The molecule has 0 saturated carbocycles. The van der Waals surface area contributed by atoms with Crippen LogP contribution in [-0.2, 0) is 6.54 Å². The highest BCUT2D eigenvalue weighted by atomic mass is 35.5. The lowest BCUT2D eigenvalue weighted by Gasteiger charge is -2.22. The van der Waals surface area contributed by atoms with Crippen molar-refractivity contribution in [2.24, 2.45) is 0 Å². The summed E-state index contributed by atoms with van der Waals surface area (Å²) in [5, 5.41) is 13.8. The van der Waals surface area contributed by atoms with Gasteiger partial charge in [-0.25, -0.2) is 0 Å². The van der Waals surface area contributed by atoms with Crippen molar-refractivity contribution in [3.05, 3.63) is 28.8 Å². The normalized spacial score (nSPS) is 14.2. The van der Waals surface area contributed by atoms with Crippen molar-refractivity contribution in [1.82, 2.24) is 5.32 Å². The van der Waals surface area contributed by atoms with Crippen molar-refractivity contribution >= 4 is 11.6 Å². The van der Waals surface area contributed by atoms with Gasteiger partial charge in [0.1, 0.15) is 12.4 Å². The van der Waals surface area contributed by atoms with Gasteiger partial charge in [-0.1, -0.05) is 31.5 Å². The third kappa shape index (κ3) is 5.81. The number of benzene rings is 1. The van der Waals surface area contributed by atoms with Crippen molar-refractivity contribution in [1.29, 1.82) is 0 Å². The van der Waals surface area contributed by atoms with E-state index in [-0.39, 0.29) is 6.61 Å². The van der Waals surface area contributed by atoms with Crippen LogP contribution >= 0.6 is 11.6 Å². The fourth-order valence-electron chi connectivity index (χ4n) is 1.52. The first-order chi connectivity index (χ1) is 8.98. The molecule has 0 spiro atoms. The summed E-state index contributed by atoms with van der Waals surface area (Å²) in [5.41, 5.74) is 0.318. The molecule has 0 aliphatic rings. The Labute approximate surface area is 120 Å². The molecular weight excluding hydrogens is 262 g/mol. The maximum atomic E-state index is 9.90. The standard InChI is InChI=1S/C15H24ClNO2/c1-4-8-17-10-12-6-7-14(13(16)9-12)19-11-15(3,18)5-2/h6-7,9,17-18H,4-5,8,10-11H2,1-3H3. The summed E-state index contributed by atoms with van der Waals surface area (Å²) in [7, 11) is 0. The van der Waals surface area contributed by atoms with Crippen molar-refractivity contribution < 1.29 is 9.84 Å². The first-order valence-corrected chi connectivity index (χ1v) is 7.20. The molecule has 19 heavy (non-hydrogen) atoms. The lowest BCUT2D eigenvalue weighted by Crippen LogP contribution is -2.31. The van der Waals surface area contributed by atoms with E-state index in [9.17, 15) is 5.11 Å². The van der Waals surface area contributed by atoms with Crippen LogP contribution in [0, 0.1) is 0 Å². The SMILES string of the molecule is CCCNCc1ccc(OCC(C)(O)CC)c(Cl)c1. The smallest absolute Gasteiger partial charge is 0.138 e. The molecule has 0 amide bonds. The second-order valence-corrected chi connectivity index (χ2v) is 5.49. The van der Waals surface area contributed by atoms with Gasteiger partial charge in [0.2, 0.25) is 0 Å². The predicted molar refractivity (Wildman–Crippen MR) is 79.9 cm³/mol. The average molecular weight is 286 g/mol. The molecule has 0 radical (unpaired) electrons. The molecule has 0 heterocycles. The molecule has 1 aromatic rings. The Bertz CT molecular complexity index is 394. The monoisotopic (exact) mass is 285 g/mol. The molecule has 0 bridgehead atoms. The minimum atomic E-state index is -0.815. The summed E-state index contributed by atoms with van der Waals surface area (Å²) in [6.45, 7) is 7.86. The lowest BCUT2D eigenvalue weighted by atomic mass is 10.1. The molecule has 2 N–H and O–H groups in total.